The minimum Gasteiger partial charge on any atom is -0.467 e. The molecule has 0 aromatic carbocycles. The predicted molar refractivity (Wildman–Crippen MR) is 78.8 cm³/mol. The van der Waals surface area contributed by atoms with Crippen LogP contribution in [0.5, 0.6) is 0 Å². The maximum Gasteiger partial charge on any atom is 0.315 e. The van der Waals surface area contributed by atoms with Gasteiger partial charge < -0.3 is 15.1 Å². The standard InChI is InChI=1S/C14H22N2O3S/c1-2-20(18)13-7-3-5-11(9-13)16-14(17)15-10-12-6-4-8-19-12/h4,6,8,11,13H,2-3,5,7,9-10H2,1H3,(H2,15,16,17)/t11-,13+,20+/m1/s1. The molecular weight excluding hydrogens is 276 g/mol. The smallest absolute Gasteiger partial charge is 0.315 e. The fourth-order valence-electron chi connectivity index (χ4n) is 2.57. The summed E-state index contributed by atoms with van der Waals surface area (Å²) in [7, 11) is -0.764. The molecule has 1 heterocycles. The molecule has 20 heavy (non-hydrogen) atoms. The summed E-state index contributed by atoms with van der Waals surface area (Å²) in [6, 6.07) is 3.55. The quantitative estimate of drug-likeness (QED) is 0.875. The first-order valence-electron chi connectivity index (χ1n) is 7.13. The molecule has 0 unspecified atom stereocenters. The van der Waals surface area contributed by atoms with E-state index in [0.29, 0.717) is 12.3 Å². The monoisotopic (exact) mass is 298 g/mol. The number of urea groups is 1. The number of carbonyl (C=O) groups excluding carboxylic acids is 1. The van der Waals surface area contributed by atoms with Gasteiger partial charge in [-0.15, -0.1) is 0 Å². The van der Waals surface area contributed by atoms with E-state index in [1.807, 2.05) is 13.0 Å². The molecule has 0 radical (unpaired) electrons. The Hall–Kier alpha value is -1.30. The highest BCUT2D eigenvalue weighted by atomic mass is 32.2. The van der Waals surface area contributed by atoms with Gasteiger partial charge in [0.05, 0.1) is 12.8 Å². The van der Waals surface area contributed by atoms with Crippen molar-refractivity contribution >= 4 is 16.8 Å². The average Bonchev–Trinajstić information content (AvgIpc) is 2.98. The Morgan fingerprint density at radius 2 is 2.35 bits per heavy atom. The molecule has 112 valence electrons. The van der Waals surface area contributed by atoms with Gasteiger partial charge in [-0.3, -0.25) is 4.21 Å². The van der Waals surface area contributed by atoms with Crippen LogP contribution in [0.4, 0.5) is 4.79 Å². The largest absolute Gasteiger partial charge is 0.467 e. The number of hydrogen-bond donors (Lipinski definition) is 2. The van der Waals surface area contributed by atoms with E-state index in [-0.39, 0.29) is 17.3 Å². The molecule has 1 aliphatic rings. The van der Waals surface area contributed by atoms with E-state index in [1.54, 1.807) is 12.3 Å². The van der Waals surface area contributed by atoms with Crippen LogP contribution in [0.2, 0.25) is 0 Å². The summed E-state index contributed by atoms with van der Waals surface area (Å²) >= 11 is 0. The van der Waals surface area contributed by atoms with Crippen LogP contribution in [0.3, 0.4) is 0 Å². The number of nitrogens with one attached hydrogen (secondary N) is 2. The summed E-state index contributed by atoms with van der Waals surface area (Å²) < 4.78 is 17.0. The highest BCUT2D eigenvalue weighted by molar-refractivity contribution is 7.85. The molecule has 3 atom stereocenters. The third kappa shape index (κ3) is 4.37. The highest BCUT2D eigenvalue weighted by Gasteiger charge is 2.26. The molecule has 5 nitrogen and oxygen atoms in total. The molecule has 0 saturated heterocycles. The van der Waals surface area contributed by atoms with Gasteiger partial charge in [0.25, 0.3) is 0 Å². The van der Waals surface area contributed by atoms with Crippen LogP contribution >= 0.6 is 0 Å². The number of furan rings is 1. The Morgan fingerprint density at radius 3 is 3.05 bits per heavy atom. The Balaban J connectivity index is 1.74. The summed E-state index contributed by atoms with van der Waals surface area (Å²) in [5, 5.41) is 5.96. The van der Waals surface area contributed by atoms with Crippen molar-refractivity contribution in [2.75, 3.05) is 5.75 Å². The second-order valence-corrected chi connectivity index (χ2v) is 7.07. The minimum absolute atomic E-state index is 0.126. The van der Waals surface area contributed by atoms with E-state index in [1.165, 1.54) is 0 Å². The molecule has 0 aliphatic heterocycles. The predicted octanol–water partition coefficient (Wildman–Crippen LogP) is 2.16. The summed E-state index contributed by atoms with van der Waals surface area (Å²) in [6.07, 6.45) is 5.40. The fourth-order valence-corrected chi connectivity index (χ4v) is 3.92. The van der Waals surface area contributed by atoms with E-state index in [0.717, 1.165) is 31.4 Å². The lowest BCUT2D eigenvalue weighted by molar-refractivity contribution is 0.231. The molecule has 0 bridgehead atoms. The number of carbonyl (C=O) groups is 1. The van der Waals surface area contributed by atoms with Gasteiger partial charge in [0.1, 0.15) is 5.76 Å². The minimum atomic E-state index is -0.764. The third-order valence-corrected chi connectivity index (χ3v) is 5.36. The maximum absolute atomic E-state index is 11.8. The first-order chi connectivity index (χ1) is 9.69. The van der Waals surface area contributed by atoms with E-state index in [9.17, 15) is 9.00 Å². The van der Waals surface area contributed by atoms with Crippen molar-refractivity contribution in [3.63, 3.8) is 0 Å². The lowest BCUT2D eigenvalue weighted by Gasteiger charge is -2.29. The Labute approximate surface area is 122 Å². The second-order valence-electron chi connectivity index (χ2n) is 5.06. The van der Waals surface area contributed by atoms with E-state index >= 15 is 0 Å². The van der Waals surface area contributed by atoms with Crippen LogP contribution < -0.4 is 10.6 Å². The van der Waals surface area contributed by atoms with Crippen LogP contribution in [0.25, 0.3) is 0 Å². The highest BCUT2D eigenvalue weighted by Crippen LogP contribution is 2.22. The first kappa shape index (κ1) is 15.1. The molecule has 1 aliphatic carbocycles. The zero-order chi connectivity index (χ0) is 14.4. The molecule has 2 N–H and O–H groups in total. The summed E-state index contributed by atoms with van der Waals surface area (Å²) in [6.45, 7) is 2.33. The van der Waals surface area contributed by atoms with E-state index < -0.39 is 10.8 Å². The van der Waals surface area contributed by atoms with Crippen molar-refractivity contribution < 1.29 is 13.4 Å². The molecule has 1 saturated carbocycles. The first-order valence-corrected chi connectivity index (χ1v) is 8.51. The van der Waals surface area contributed by atoms with Crippen molar-refractivity contribution in [3.8, 4) is 0 Å². The van der Waals surface area contributed by atoms with Gasteiger partial charge in [-0.2, -0.15) is 0 Å². The topological polar surface area (TPSA) is 71.3 Å². The van der Waals surface area contributed by atoms with E-state index in [4.69, 9.17) is 4.42 Å². The normalized spacial score (nSPS) is 24.1. The molecule has 1 fully saturated rings. The van der Waals surface area contributed by atoms with Gasteiger partial charge in [-0.1, -0.05) is 13.3 Å². The Kier molecular flexibility index (Phi) is 5.64. The summed E-state index contributed by atoms with van der Waals surface area (Å²) in [5.74, 6) is 1.43. The summed E-state index contributed by atoms with van der Waals surface area (Å²) in [4.78, 5) is 11.8. The maximum atomic E-state index is 11.8. The molecule has 2 amide bonds. The number of rotatable bonds is 5. The van der Waals surface area contributed by atoms with Crippen molar-refractivity contribution in [2.45, 2.75) is 50.4 Å². The van der Waals surface area contributed by atoms with Gasteiger partial charge in [0, 0.05) is 27.8 Å². The average molecular weight is 298 g/mol. The van der Waals surface area contributed by atoms with Gasteiger partial charge in [-0.25, -0.2) is 4.79 Å². The Morgan fingerprint density at radius 1 is 1.50 bits per heavy atom. The molecule has 1 aromatic heterocycles. The van der Waals surface area contributed by atoms with Crippen molar-refractivity contribution in [3.05, 3.63) is 24.2 Å². The third-order valence-electron chi connectivity index (χ3n) is 3.62. The molecule has 6 heteroatoms. The second kappa shape index (κ2) is 7.47. The fraction of sp³-hybridized carbons (Fsp3) is 0.643. The lowest BCUT2D eigenvalue weighted by atomic mass is 9.95. The molecule has 2 rings (SSSR count). The van der Waals surface area contributed by atoms with Crippen LogP contribution in [0.15, 0.2) is 22.8 Å². The number of amides is 2. The van der Waals surface area contributed by atoms with Crippen LogP contribution in [0.1, 0.15) is 38.4 Å². The van der Waals surface area contributed by atoms with Crippen molar-refractivity contribution in [1.82, 2.24) is 10.6 Å². The molecular formula is C14H22N2O3S. The van der Waals surface area contributed by atoms with Crippen LogP contribution in [-0.4, -0.2) is 27.3 Å². The molecule has 0 spiro atoms. The van der Waals surface area contributed by atoms with Crippen LogP contribution in [-0.2, 0) is 17.3 Å². The Bertz CT molecular complexity index is 447. The molecule has 1 aromatic rings. The van der Waals surface area contributed by atoms with Crippen LogP contribution in [0, 0.1) is 0 Å². The van der Waals surface area contributed by atoms with E-state index in [2.05, 4.69) is 10.6 Å². The van der Waals surface area contributed by atoms with Crippen molar-refractivity contribution in [1.29, 1.82) is 0 Å². The SMILES string of the molecule is CC[S@](=O)[C@H]1CCC[C@@H](NC(=O)NCc2ccco2)C1. The number of hydrogen-bond acceptors (Lipinski definition) is 3. The van der Waals surface area contributed by atoms with Gasteiger partial charge in [0.2, 0.25) is 0 Å². The zero-order valence-corrected chi connectivity index (χ0v) is 12.6. The van der Waals surface area contributed by atoms with Gasteiger partial charge in [0.15, 0.2) is 0 Å². The van der Waals surface area contributed by atoms with Crippen molar-refractivity contribution in [2.24, 2.45) is 0 Å². The zero-order valence-electron chi connectivity index (χ0n) is 11.8. The summed E-state index contributed by atoms with van der Waals surface area (Å²) in [5.41, 5.74) is 0. The van der Waals surface area contributed by atoms with Gasteiger partial charge in [-0.05, 0) is 31.4 Å². The lowest BCUT2D eigenvalue weighted by Crippen LogP contribution is -2.45. The van der Waals surface area contributed by atoms with Gasteiger partial charge >= 0.3 is 6.03 Å².